The molecule has 0 unspecified atom stereocenters. The summed E-state index contributed by atoms with van der Waals surface area (Å²) >= 11 is 0. The van der Waals surface area contributed by atoms with Crippen LogP contribution in [0.3, 0.4) is 0 Å². The second-order valence-electron chi connectivity index (χ2n) is 4.81. The molecule has 0 radical (unpaired) electrons. The number of hydrogen-bond acceptors (Lipinski definition) is 4. The summed E-state index contributed by atoms with van der Waals surface area (Å²) < 4.78 is 0. The molecule has 0 aromatic heterocycles. The minimum absolute atomic E-state index is 0.468. The van der Waals surface area contributed by atoms with Crippen LogP contribution >= 0.6 is 0 Å². The van der Waals surface area contributed by atoms with Gasteiger partial charge in [-0.25, -0.2) is 0 Å². The average molecular weight is 308 g/mol. The van der Waals surface area contributed by atoms with Crippen molar-refractivity contribution in [1.29, 1.82) is 0 Å². The van der Waals surface area contributed by atoms with Crippen LogP contribution in [-0.4, -0.2) is 0 Å². The summed E-state index contributed by atoms with van der Waals surface area (Å²) in [4.78, 5) is 0. The molecule has 1 rings (SSSR count). The van der Waals surface area contributed by atoms with Crippen molar-refractivity contribution in [2.24, 2.45) is 17.2 Å². The number of nitrogens with one attached hydrogen (secondary N) is 1. The predicted octanol–water partition coefficient (Wildman–Crippen LogP) is 3.36. The zero-order chi connectivity index (χ0) is 17.2. The van der Waals surface area contributed by atoms with Gasteiger partial charge in [-0.15, -0.1) is 0 Å². The Balaban J connectivity index is 2.86. The molecule has 0 aliphatic rings. The molecule has 0 aliphatic heterocycles. The van der Waals surface area contributed by atoms with Gasteiger partial charge in [-0.3, -0.25) is 0 Å². The molecule has 4 nitrogen and oxygen atoms in total. The highest BCUT2D eigenvalue weighted by atomic mass is 15.0. The van der Waals surface area contributed by atoms with E-state index in [0.717, 1.165) is 16.8 Å². The molecule has 0 saturated carbocycles. The molecule has 4 heteroatoms. The largest absolute Gasteiger partial charge is 0.399 e. The van der Waals surface area contributed by atoms with E-state index in [4.69, 9.17) is 17.2 Å². The van der Waals surface area contributed by atoms with Gasteiger partial charge in [-0.1, -0.05) is 49.6 Å². The van der Waals surface area contributed by atoms with Crippen molar-refractivity contribution < 1.29 is 0 Å². The van der Waals surface area contributed by atoms with Crippen LogP contribution in [0.1, 0.15) is 12.5 Å². The van der Waals surface area contributed by atoms with E-state index in [-0.39, 0.29) is 0 Å². The van der Waals surface area contributed by atoms with E-state index in [9.17, 15) is 0 Å². The van der Waals surface area contributed by atoms with Gasteiger partial charge in [-0.2, -0.15) is 0 Å². The summed E-state index contributed by atoms with van der Waals surface area (Å²) in [6, 6.07) is 7.53. The third kappa shape index (κ3) is 6.01. The summed E-state index contributed by atoms with van der Waals surface area (Å²) in [6.07, 6.45) is 10.8. The van der Waals surface area contributed by atoms with Crippen LogP contribution in [-0.2, 0) is 0 Å². The molecule has 7 N–H and O–H groups in total. The first kappa shape index (κ1) is 17.9. The lowest BCUT2D eigenvalue weighted by molar-refractivity contribution is 1.29. The summed E-state index contributed by atoms with van der Waals surface area (Å²) in [7, 11) is 0. The molecule has 0 fully saturated rings. The third-order valence-corrected chi connectivity index (χ3v) is 3.02. The quantitative estimate of drug-likeness (QED) is 0.581. The van der Waals surface area contributed by atoms with Gasteiger partial charge >= 0.3 is 0 Å². The molecule has 0 heterocycles. The minimum Gasteiger partial charge on any atom is -0.399 e. The van der Waals surface area contributed by atoms with Crippen molar-refractivity contribution >= 4 is 11.4 Å². The Morgan fingerprint density at radius 1 is 1.17 bits per heavy atom. The van der Waals surface area contributed by atoms with Crippen LogP contribution in [0.5, 0.6) is 0 Å². The Morgan fingerprint density at radius 3 is 2.52 bits per heavy atom. The average Bonchev–Trinajstić information content (AvgIpc) is 2.53. The fraction of sp³-hybridized carbons (Fsp3) is 0.0526. The maximum atomic E-state index is 6.03. The second-order valence-corrected chi connectivity index (χ2v) is 4.81. The smallest absolute Gasteiger partial charge is 0.101 e. The maximum Gasteiger partial charge on any atom is 0.101 e. The van der Waals surface area contributed by atoms with E-state index >= 15 is 0 Å². The highest BCUT2D eigenvalue weighted by Gasteiger charge is 1.98. The van der Waals surface area contributed by atoms with Crippen molar-refractivity contribution in [3.8, 4) is 0 Å². The number of rotatable bonds is 7. The standard InChI is InChI=1S/C19H24N4/c1-4-6-8-15(5-2)18(21)11-12-19(22)23-17-10-7-9-16(13-17)14(3)20/h4-13,23H,1,3,20-22H2,2H3/b8-6-,15-5+,18-11-,19-12+. The molecule has 0 atom stereocenters. The van der Waals surface area contributed by atoms with E-state index in [1.165, 1.54) is 0 Å². The number of benzene rings is 1. The van der Waals surface area contributed by atoms with Gasteiger partial charge < -0.3 is 22.5 Å². The molecule has 0 aliphatic carbocycles. The number of allylic oxidation sites excluding steroid dienone is 6. The van der Waals surface area contributed by atoms with Crippen molar-refractivity contribution in [3.63, 3.8) is 0 Å². The summed E-state index contributed by atoms with van der Waals surface area (Å²) in [5.74, 6) is 0.468. The third-order valence-electron chi connectivity index (χ3n) is 3.02. The Morgan fingerprint density at radius 2 is 1.91 bits per heavy atom. The molecule has 1 aromatic carbocycles. The molecule has 0 saturated heterocycles. The van der Waals surface area contributed by atoms with Crippen LogP contribution < -0.4 is 22.5 Å². The monoisotopic (exact) mass is 308 g/mol. The molecule has 0 spiro atoms. The highest BCUT2D eigenvalue weighted by Crippen LogP contribution is 2.15. The summed E-state index contributed by atoms with van der Waals surface area (Å²) in [5.41, 5.74) is 21.4. The minimum atomic E-state index is 0.468. The summed E-state index contributed by atoms with van der Waals surface area (Å²) in [5, 5.41) is 3.08. The SMILES string of the molecule is C=C\C=C/C(=C\C)C(/N)=C/C=C(\N)Nc1cccc(C(=C)N)c1. The van der Waals surface area contributed by atoms with E-state index < -0.39 is 0 Å². The second kappa shape index (κ2) is 9.00. The van der Waals surface area contributed by atoms with Gasteiger partial charge in [0, 0.05) is 17.1 Å². The van der Waals surface area contributed by atoms with Crippen molar-refractivity contribution in [2.45, 2.75) is 6.92 Å². The Labute approximate surface area is 138 Å². The van der Waals surface area contributed by atoms with Gasteiger partial charge in [0.1, 0.15) is 5.82 Å². The Kier molecular flexibility index (Phi) is 7.01. The van der Waals surface area contributed by atoms with E-state index in [1.807, 2.05) is 49.4 Å². The fourth-order valence-corrected chi connectivity index (χ4v) is 1.81. The molecule has 0 amide bonds. The predicted molar refractivity (Wildman–Crippen MR) is 101 cm³/mol. The summed E-state index contributed by atoms with van der Waals surface area (Å²) in [6.45, 7) is 9.27. The van der Waals surface area contributed by atoms with Crippen molar-refractivity contribution in [1.82, 2.24) is 0 Å². The van der Waals surface area contributed by atoms with Crippen LogP contribution in [0, 0.1) is 0 Å². The lowest BCUT2D eigenvalue weighted by Crippen LogP contribution is -2.09. The van der Waals surface area contributed by atoms with Crippen molar-refractivity contribution in [3.05, 3.63) is 96.5 Å². The maximum absolute atomic E-state index is 6.03. The van der Waals surface area contributed by atoms with E-state index in [0.29, 0.717) is 17.2 Å². The van der Waals surface area contributed by atoms with Gasteiger partial charge in [0.05, 0.1) is 0 Å². The molecule has 1 aromatic rings. The van der Waals surface area contributed by atoms with E-state index in [2.05, 4.69) is 18.5 Å². The van der Waals surface area contributed by atoms with Crippen LogP contribution in [0.4, 0.5) is 5.69 Å². The van der Waals surface area contributed by atoms with Crippen LogP contribution in [0.2, 0.25) is 0 Å². The highest BCUT2D eigenvalue weighted by molar-refractivity contribution is 5.65. The molecule has 0 bridgehead atoms. The zero-order valence-corrected chi connectivity index (χ0v) is 13.4. The van der Waals surface area contributed by atoms with Crippen molar-refractivity contribution in [2.75, 3.05) is 5.32 Å². The Bertz CT molecular complexity index is 691. The first-order valence-corrected chi connectivity index (χ1v) is 7.18. The van der Waals surface area contributed by atoms with Crippen LogP contribution in [0.25, 0.3) is 5.70 Å². The van der Waals surface area contributed by atoms with E-state index in [1.54, 1.807) is 18.2 Å². The van der Waals surface area contributed by atoms with Gasteiger partial charge in [0.2, 0.25) is 0 Å². The Hall–Kier alpha value is -3.14. The number of hydrogen-bond donors (Lipinski definition) is 4. The lowest BCUT2D eigenvalue weighted by Gasteiger charge is -2.08. The number of nitrogens with two attached hydrogens (primary N) is 3. The zero-order valence-electron chi connectivity index (χ0n) is 13.4. The number of anilines is 1. The van der Waals surface area contributed by atoms with Gasteiger partial charge in [0.15, 0.2) is 0 Å². The van der Waals surface area contributed by atoms with Crippen LogP contribution in [0.15, 0.2) is 91.0 Å². The molecule has 23 heavy (non-hydrogen) atoms. The topological polar surface area (TPSA) is 90.1 Å². The fourth-order valence-electron chi connectivity index (χ4n) is 1.81. The first-order valence-electron chi connectivity index (χ1n) is 7.18. The molecular weight excluding hydrogens is 284 g/mol. The molecule has 120 valence electrons. The lowest BCUT2D eigenvalue weighted by atomic mass is 10.1. The molecular formula is C19H24N4. The first-order chi connectivity index (χ1) is 11.0. The van der Waals surface area contributed by atoms with Gasteiger partial charge in [-0.05, 0) is 42.3 Å². The van der Waals surface area contributed by atoms with Gasteiger partial charge in [0.25, 0.3) is 0 Å². The normalized spacial score (nSPS) is 13.2.